The summed E-state index contributed by atoms with van der Waals surface area (Å²) < 4.78 is 5.66. The van der Waals surface area contributed by atoms with Crippen molar-refractivity contribution < 1.29 is 4.74 Å². The van der Waals surface area contributed by atoms with Crippen molar-refractivity contribution >= 4 is 17.3 Å². The summed E-state index contributed by atoms with van der Waals surface area (Å²) in [5.74, 6) is 0. The van der Waals surface area contributed by atoms with Gasteiger partial charge in [-0.3, -0.25) is 9.88 Å². The fraction of sp³-hybridized carbons (Fsp3) is 0.444. The molecule has 4 nitrogen and oxygen atoms in total. The van der Waals surface area contributed by atoms with E-state index >= 15 is 0 Å². The van der Waals surface area contributed by atoms with Crippen LogP contribution in [0.25, 0.3) is 0 Å². The molecule has 2 N–H and O–H groups in total. The lowest BCUT2D eigenvalue weighted by Gasteiger charge is -2.12. The number of aromatic nitrogens is 1. The highest BCUT2D eigenvalue weighted by atomic mass is 35.5. The molecule has 0 saturated carbocycles. The minimum absolute atomic E-state index is 0.329. The monoisotopic (exact) mass is 211 g/mol. The van der Waals surface area contributed by atoms with Gasteiger partial charge in [0.1, 0.15) is 5.69 Å². The van der Waals surface area contributed by atoms with Crippen LogP contribution in [0.3, 0.4) is 0 Å². The van der Waals surface area contributed by atoms with Crippen LogP contribution in [0.15, 0.2) is 12.3 Å². The molecule has 0 spiro atoms. The van der Waals surface area contributed by atoms with Crippen molar-refractivity contribution in [2.45, 2.75) is 5.72 Å². The highest BCUT2D eigenvalue weighted by Crippen LogP contribution is 2.48. The lowest BCUT2D eigenvalue weighted by molar-refractivity contribution is 0.0554. The predicted octanol–water partition coefficient (Wildman–Crippen LogP) is 0.816. The molecule has 1 aromatic heterocycles. The van der Waals surface area contributed by atoms with Crippen LogP contribution in [0, 0.1) is 0 Å². The van der Waals surface area contributed by atoms with Crippen molar-refractivity contribution in [3.8, 4) is 0 Å². The van der Waals surface area contributed by atoms with Crippen LogP contribution in [0.5, 0.6) is 0 Å². The number of hydrogen-bond acceptors (Lipinski definition) is 4. The Morgan fingerprint density at radius 1 is 1.64 bits per heavy atom. The van der Waals surface area contributed by atoms with Gasteiger partial charge in [-0.1, -0.05) is 11.6 Å². The average molecular weight is 212 g/mol. The van der Waals surface area contributed by atoms with Crippen LogP contribution in [0.4, 0.5) is 5.69 Å². The Hall–Kier alpha value is -0.840. The van der Waals surface area contributed by atoms with Crippen LogP contribution >= 0.6 is 11.6 Å². The van der Waals surface area contributed by atoms with E-state index in [2.05, 4.69) is 9.88 Å². The number of pyridine rings is 1. The average Bonchev–Trinajstić information content (AvgIpc) is 2.69. The Balaban J connectivity index is 2.05. The van der Waals surface area contributed by atoms with Gasteiger partial charge >= 0.3 is 0 Å². The standard InChI is InChI=1S/C9H10ClN3O/c10-7-3-6(11)4-12-8(7)9-5-13(9)1-2-14-9/h3-4H,1-2,5,11H2. The molecule has 2 fully saturated rings. The number of halogens is 1. The Kier molecular flexibility index (Phi) is 1.57. The SMILES string of the molecule is Nc1cnc(C23CN2CCO3)c(Cl)c1. The minimum Gasteiger partial charge on any atom is -0.397 e. The Labute approximate surface area is 86.6 Å². The molecule has 5 heteroatoms. The quantitative estimate of drug-likeness (QED) is 0.699. The first kappa shape index (κ1) is 8.47. The summed E-state index contributed by atoms with van der Waals surface area (Å²) in [5.41, 5.74) is 6.63. The molecule has 2 aliphatic heterocycles. The zero-order valence-corrected chi connectivity index (χ0v) is 8.29. The molecule has 2 atom stereocenters. The highest BCUT2D eigenvalue weighted by molar-refractivity contribution is 6.31. The summed E-state index contributed by atoms with van der Waals surface area (Å²) in [6, 6.07) is 1.72. The number of hydrogen-bond donors (Lipinski definition) is 1. The second kappa shape index (κ2) is 2.59. The maximum Gasteiger partial charge on any atom is 0.179 e. The largest absolute Gasteiger partial charge is 0.397 e. The van der Waals surface area contributed by atoms with Crippen LogP contribution in [-0.4, -0.2) is 29.6 Å². The van der Waals surface area contributed by atoms with Crippen molar-refractivity contribution in [1.82, 2.24) is 9.88 Å². The van der Waals surface area contributed by atoms with Crippen molar-refractivity contribution in [3.05, 3.63) is 23.0 Å². The minimum atomic E-state index is -0.329. The molecule has 0 radical (unpaired) electrons. The van der Waals surface area contributed by atoms with E-state index in [-0.39, 0.29) is 5.72 Å². The summed E-state index contributed by atoms with van der Waals surface area (Å²) in [6.07, 6.45) is 1.62. The highest BCUT2D eigenvalue weighted by Gasteiger charge is 2.60. The maximum atomic E-state index is 6.08. The molecule has 0 aliphatic carbocycles. The van der Waals surface area contributed by atoms with E-state index in [0.717, 1.165) is 25.4 Å². The molecule has 74 valence electrons. The molecular weight excluding hydrogens is 202 g/mol. The molecule has 2 unspecified atom stereocenters. The number of fused-ring (bicyclic) bond motifs is 1. The van der Waals surface area contributed by atoms with E-state index in [1.165, 1.54) is 0 Å². The van der Waals surface area contributed by atoms with Gasteiger partial charge in [0.25, 0.3) is 0 Å². The maximum absolute atomic E-state index is 6.08. The van der Waals surface area contributed by atoms with E-state index in [0.29, 0.717) is 10.7 Å². The molecule has 2 aliphatic rings. The third-order valence-corrected chi connectivity index (χ3v) is 3.04. The van der Waals surface area contributed by atoms with Crippen LogP contribution in [0.1, 0.15) is 5.69 Å². The predicted molar refractivity (Wildman–Crippen MR) is 52.9 cm³/mol. The second-order valence-electron chi connectivity index (χ2n) is 3.65. The smallest absolute Gasteiger partial charge is 0.179 e. The molecule has 1 aromatic rings. The zero-order chi connectivity index (χ0) is 9.76. The number of nitrogens with two attached hydrogens (primary N) is 1. The molecule has 3 rings (SSSR count). The number of nitrogen functional groups attached to an aromatic ring is 1. The molecule has 0 aromatic carbocycles. The van der Waals surface area contributed by atoms with Gasteiger partial charge in [0, 0.05) is 6.54 Å². The zero-order valence-electron chi connectivity index (χ0n) is 7.53. The Morgan fingerprint density at radius 3 is 3.07 bits per heavy atom. The van der Waals surface area contributed by atoms with Gasteiger partial charge in [-0.2, -0.15) is 0 Å². The fourth-order valence-corrected chi connectivity index (χ4v) is 2.30. The number of nitrogens with zero attached hydrogens (tertiary/aromatic N) is 2. The molecule has 0 amide bonds. The van der Waals surface area contributed by atoms with Crippen LogP contribution < -0.4 is 5.73 Å². The van der Waals surface area contributed by atoms with Crippen LogP contribution in [-0.2, 0) is 10.5 Å². The molecule has 2 saturated heterocycles. The molecular formula is C9H10ClN3O. The molecule has 3 heterocycles. The summed E-state index contributed by atoms with van der Waals surface area (Å²) in [4.78, 5) is 6.46. The van der Waals surface area contributed by atoms with Gasteiger partial charge in [0.2, 0.25) is 0 Å². The fourth-order valence-electron chi connectivity index (χ4n) is 1.98. The molecule has 14 heavy (non-hydrogen) atoms. The summed E-state index contributed by atoms with van der Waals surface area (Å²) in [6.45, 7) is 2.61. The number of anilines is 1. The van der Waals surface area contributed by atoms with E-state index in [1.807, 2.05) is 0 Å². The van der Waals surface area contributed by atoms with Crippen molar-refractivity contribution in [1.29, 1.82) is 0 Å². The second-order valence-corrected chi connectivity index (χ2v) is 4.06. The first-order valence-corrected chi connectivity index (χ1v) is 4.91. The van der Waals surface area contributed by atoms with E-state index in [9.17, 15) is 0 Å². The third kappa shape index (κ3) is 0.987. The van der Waals surface area contributed by atoms with Crippen molar-refractivity contribution in [2.24, 2.45) is 0 Å². The summed E-state index contributed by atoms with van der Waals surface area (Å²) >= 11 is 6.08. The summed E-state index contributed by atoms with van der Waals surface area (Å²) in [7, 11) is 0. The lowest BCUT2D eigenvalue weighted by atomic mass is 10.2. The topological polar surface area (TPSA) is 51.1 Å². The van der Waals surface area contributed by atoms with E-state index < -0.39 is 0 Å². The number of ether oxygens (including phenoxy) is 1. The van der Waals surface area contributed by atoms with Gasteiger partial charge in [-0.25, -0.2) is 0 Å². The summed E-state index contributed by atoms with van der Waals surface area (Å²) in [5, 5.41) is 0.592. The number of morpholine rings is 1. The van der Waals surface area contributed by atoms with Gasteiger partial charge in [0.05, 0.1) is 30.1 Å². The number of rotatable bonds is 1. The first-order chi connectivity index (χ1) is 6.72. The third-order valence-electron chi connectivity index (χ3n) is 2.75. The Bertz CT molecular complexity index is 398. The van der Waals surface area contributed by atoms with Crippen LogP contribution in [0.2, 0.25) is 5.02 Å². The van der Waals surface area contributed by atoms with Gasteiger partial charge in [-0.05, 0) is 6.07 Å². The van der Waals surface area contributed by atoms with Gasteiger partial charge in [0.15, 0.2) is 5.72 Å². The van der Waals surface area contributed by atoms with Crippen molar-refractivity contribution in [3.63, 3.8) is 0 Å². The van der Waals surface area contributed by atoms with Crippen molar-refractivity contribution in [2.75, 3.05) is 25.4 Å². The lowest BCUT2D eigenvalue weighted by Crippen LogP contribution is -2.15. The van der Waals surface area contributed by atoms with Gasteiger partial charge in [-0.15, -0.1) is 0 Å². The van der Waals surface area contributed by atoms with E-state index in [1.54, 1.807) is 12.3 Å². The molecule has 0 bridgehead atoms. The Morgan fingerprint density at radius 2 is 2.50 bits per heavy atom. The normalized spacial score (nSPS) is 34.2. The van der Waals surface area contributed by atoms with E-state index in [4.69, 9.17) is 22.1 Å². The van der Waals surface area contributed by atoms with Gasteiger partial charge < -0.3 is 10.5 Å². The first-order valence-electron chi connectivity index (χ1n) is 4.53.